The van der Waals surface area contributed by atoms with Crippen molar-refractivity contribution in [3.05, 3.63) is 23.8 Å². The van der Waals surface area contributed by atoms with Crippen molar-refractivity contribution in [2.24, 2.45) is 0 Å². The van der Waals surface area contributed by atoms with E-state index < -0.39 is 11.5 Å². The highest BCUT2D eigenvalue weighted by Crippen LogP contribution is 2.35. The van der Waals surface area contributed by atoms with Gasteiger partial charge in [0.1, 0.15) is 15.7 Å². The van der Waals surface area contributed by atoms with Crippen molar-refractivity contribution in [3.8, 4) is 11.5 Å². The van der Waals surface area contributed by atoms with Crippen LogP contribution in [0.3, 0.4) is 0 Å². The van der Waals surface area contributed by atoms with E-state index in [4.69, 9.17) is 9.47 Å². The number of carbonyl (C=O) groups is 1. The van der Waals surface area contributed by atoms with E-state index in [0.717, 1.165) is 0 Å². The third-order valence-electron chi connectivity index (χ3n) is 2.80. The summed E-state index contributed by atoms with van der Waals surface area (Å²) in [4.78, 5) is 12.3. The Hall–Kier alpha value is -1.40. The largest absolute Gasteiger partial charge is 0.460 e. The van der Waals surface area contributed by atoms with E-state index in [1.807, 2.05) is 15.7 Å². The maximum absolute atomic E-state index is 12.3. The quantitative estimate of drug-likeness (QED) is 0.352. The summed E-state index contributed by atoms with van der Waals surface area (Å²) in [5.74, 6) is 0.736. The molecule has 1 aliphatic heterocycles. The van der Waals surface area contributed by atoms with Crippen LogP contribution in [0.5, 0.6) is 11.5 Å². The normalized spacial score (nSPS) is 20.3. The van der Waals surface area contributed by atoms with Crippen LogP contribution >= 0.6 is 0 Å². The molecule has 0 amide bonds. The zero-order valence-corrected chi connectivity index (χ0v) is 11.6. The van der Waals surface area contributed by atoms with Gasteiger partial charge in [0.25, 0.3) is 0 Å². The third kappa shape index (κ3) is 2.96. The number of benzene rings is 1. The van der Waals surface area contributed by atoms with Gasteiger partial charge in [-0.3, -0.25) is 10.1 Å². The number of nitrogens with one attached hydrogen (secondary N) is 1. The van der Waals surface area contributed by atoms with Crippen molar-refractivity contribution in [2.45, 2.75) is 24.7 Å². The Bertz CT molecular complexity index is 507. The molecule has 2 rings (SSSR count). The van der Waals surface area contributed by atoms with Gasteiger partial charge in [-0.05, 0) is 31.0 Å². The zero-order valence-electron chi connectivity index (χ0n) is 11.6. The molecule has 0 spiro atoms. The van der Waals surface area contributed by atoms with Gasteiger partial charge in [0.2, 0.25) is 13.6 Å². The lowest BCUT2D eigenvalue weighted by molar-refractivity contribution is 0.0246. The third-order valence-corrected chi connectivity index (χ3v) is 2.80. The summed E-state index contributed by atoms with van der Waals surface area (Å²) in [6.45, 7) is 1.45. The summed E-state index contributed by atoms with van der Waals surface area (Å²) >= 11 is 0. The average molecular weight is 259 g/mol. The fourth-order valence-corrected chi connectivity index (χ4v) is 2.13. The molecular formula is C11H16B3NO4. The highest BCUT2D eigenvalue weighted by atomic mass is 16.7. The molecule has 98 valence electrons. The van der Waals surface area contributed by atoms with Crippen LogP contribution in [0, 0.1) is 0 Å². The standard InChI is InChI=1S/C11H16B3NO4/c1-11(17,15-9(12)13)8(16)5-2-3-6-7(4-5)19-10(14)18-6/h2-4,9-10,15,17H,12-14H2,1H3/t10?,11-/m0/s1. The van der Waals surface area contributed by atoms with E-state index in [1.54, 1.807) is 26.0 Å². The molecule has 0 radical (unpaired) electrons. The van der Waals surface area contributed by atoms with Gasteiger partial charge < -0.3 is 14.6 Å². The molecule has 8 heteroatoms. The molecule has 1 aromatic rings. The van der Waals surface area contributed by atoms with Crippen molar-refractivity contribution in [1.29, 1.82) is 0 Å². The molecule has 0 aromatic heterocycles. The van der Waals surface area contributed by atoms with E-state index >= 15 is 0 Å². The average Bonchev–Trinajstić information content (AvgIpc) is 2.65. The predicted octanol–water partition coefficient (Wildman–Crippen LogP) is -2.59. The van der Waals surface area contributed by atoms with Gasteiger partial charge in [-0.15, -0.1) is 0 Å². The van der Waals surface area contributed by atoms with Crippen LogP contribution in [-0.4, -0.2) is 52.2 Å². The molecule has 1 heterocycles. The number of hydrogen-bond donors (Lipinski definition) is 2. The minimum absolute atomic E-state index is 0.00650. The number of aliphatic hydroxyl groups is 1. The fourth-order valence-electron chi connectivity index (χ4n) is 2.13. The van der Waals surface area contributed by atoms with Gasteiger partial charge in [-0.2, -0.15) is 0 Å². The van der Waals surface area contributed by atoms with Crippen molar-refractivity contribution >= 4 is 29.3 Å². The topological polar surface area (TPSA) is 67.8 Å². The van der Waals surface area contributed by atoms with Crippen LogP contribution in [0.2, 0.25) is 0 Å². The van der Waals surface area contributed by atoms with Crippen molar-refractivity contribution in [3.63, 3.8) is 0 Å². The second-order valence-electron chi connectivity index (χ2n) is 5.17. The monoisotopic (exact) mass is 259 g/mol. The van der Waals surface area contributed by atoms with Crippen LogP contribution in [0.1, 0.15) is 17.3 Å². The van der Waals surface area contributed by atoms with Crippen molar-refractivity contribution in [2.75, 3.05) is 0 Å². The molecule has 2 atom stereocenters. The lowest BCUT2D eigenvalue weighted by Gasteiger charge is -2.26. The zero-order chi connectivity index (χ0) is 14.2. The minimum Gasteiger partial charge on any atom is -0.460 e. The number of fused-ring (bicyclic) bond motifs is 1. The fraction of sp³-hybridized carbons (Fsp3) is 0.364. The Morgan fingerprint density at radius 3 is 2.68 bits per heavy atom. The smallest absolute Gasteiger partial charge is 0.209 e. The Labute approximate surface area is 114 Å². The van der Waals surface area contributed by atoms with Crippen molar-refractivity contribution in [1.82, 2.24) is 5.32 Å². The Morgan fingerprint density at radius 1 is 1.42 bits per heavy atom. The molecule has 1 unspecified atom stereocenters. The second-order valence-corrected chi connectivity index (χ2v) is 5.17. The molecule has 1 aromatic carbocycles. The molecule has 0 aliphatic carbocycles. The van der Waals surface area contributed by atoms with E-state index in [2.05, 4.69) is 5.32 Å². The second kappa shape index (κ2) is 4.94. The highest BCUT2D eigenvalue weighted by Gasteiger charge is 2.32. The van der Waals surface area contributed by atoms with Crippen LogP contribution in [-0.2, 0) is 0 Å². The van der Waals surface area contributed by atoms with E-state index in [9.17, 15) is 9.90 Å². The molecule has 5 nitrogen and oxygen atoms in total. The molecule has 0 fully saturated rings. The van der Waals surface area contributed by atoms with Gasteiger partial charge in [0, 0.05) is 5.56 Å². The van der Waals surface area contributed by atoms with Gasteiger partial charge in [0.15, 0.2) is 23.4 Å². The molecule has 0 saturated heterocycles. The Balaban J connectivity index is 2.23. The molecule has 19 heavy (non-hydrogen) atoms. The van der Waals surface area contributed by atoms with Gasteiger partial charge in [-0.1, -0.05) is 0 Å². The van der Waals surface area contributed by atoms with Gasteiger partial charge in [-0.25, -0.2) is 0 Å². The Kier molecular flexibility index (Phi) is 3.65. The maximum Gasteiger partial charge on any atom is 0.209 e. The maximum atomic E-state index is 12.3. The van der Waals surface area contributed by atoms with Gasteiger partial charge in [0.05, 0.1) is 0 Å². The van der Waals surface area contributed by atoms with Gasteiger partial charge >= 0.3 is 0 Å². The molecule has 2 N–H and O–H groups in total. The lowest BCUT2D eigenvalue weighted by Crippen LogP contribution is -2.54. The summed E-state index contributed by atoms with van der Waals surface area (Å²) < 4.78 is 10.8. The number of ether oxygens (including phenoxy) is 2. The van der Waals surface area contributed by atoms with Crippen LogP contribution in [0.25, 0.3) is 0 Å². The van der Waals surface area contributed by atoms with E-state index in [1.165, 1.54) is 6.92 Å². The lowest BCUT2D eigenvalue weighted by atomic mass is 9.77. The first-order valence-electron chi connectivity index (χ1n) is 6.32. The number of ketones is 1. The number of rotatable bonds is 4. The van der Waals surface area contributed by atoms with Crippen molar-refractivity contribution < 1.29 is 19.4 Å². The highest BCUT2D eigenvalue weighted by molar-refractivity contribution is 6.35. The summed E-state index contributed by atoms with van der Waals surface area (Å²) in [7, 11) is 5.50. The van der Waals surface area contributed by atoms with E-state index in [0.29, 0.717) is 17.1 Å². The first-order valence-corrected chi connectivity index (χ1v) is 6.32. The number of hydrogen-bond acceptors (Lipinski definition) is 5. The number of Topliss-reactive ketones (excluding diaryl/α,β-unsaturated/α-hetero) is 1. The van der Waals surface area contributed by atoms with Crippen LogP contribution in [0.4, 0.5) is 0 Å². The van der Waals surface area contributed by atoms with Crippen LogP contribution in [0.15, 0.2) is 18.2 Å². The summed E-state index contributed by atoms with van der Waals surface area (Å²) in [6.07, 6.45) is -0.352. The summed E-state index contributed by atoms with van der Waals surface area (Å²) in [6, 6.07) is 4.90. The number of carbonyl (C=O) groups excluding carboxylic acids is 1. The van der Waals surface area contributed by atoms with Crippen LogP contribution < -0.4 is 14.8 Å². The molecular weight excluding hydrogens is 243 g/mol. The summed E-state index contributed by atoms with van der Waals surface area (Å²) in [5, 5.41) is 13.0. The minimum atomic E-state index is -1.60. The predicted molar refractivity (Wildman–Crippen MR) is 79.0 cm³/mol. The molecule has 0 bridgehead atoms. The molecule has 1 aliphatic rings. The SMILES string of the molecule is BC(B)N[C@@](C)(O)C(=O)c1ccc2c(c1)OC(B)O2. The summed E-state index contributed by atoms with van der Waals surface area (Å²) in [5.41, 5.74) is -1.22. The van der Waals surface area contributed by atoms with E-state index in [-0.39, 0.29) is 12.0 Å². The first-order chi connectivity index (χ1) is 8.79. The Morgan fingerprint density at radius 2 is 2.05 bits per heavy atom. The first kappa shape index (κ1) is 14.0. The molecule has 0 saturated carbocycles.